The van der Waals surface area contributed by atoms with Gasteiger partial charge in [-0.2, -0.15) is 0 Å². The highest BCUT2D eigenvalue weighted by atomic mass is 19.1. The number of halogens is 1. The van der Waals surface area contributed by atoms with Crippen LogP contribution in [-0.4, -0.2) is 49.2 Å². The average molecular weight is 454 g/mol. The number of hydrogen-bond donors (Lipinski definition) is 1. The molecule has 1 N–H and O–H groups in total. The summed E-state index contributed by atoms with van der Waals surface area (Å²) in [4.78, 5) is 27.2. The number of carbonyl (C=O) groups excluding carboxylic acids is 1. The highest BCUT2D eigenvalue weighted by Crippen LogP contribution is 2.27. The van der Waals surface area contributed by atoms with Gasteiger partial charge in [-0.05, 0) is 68.4 Å². The van der Waals surface area contributed by atoms with E-state index in [0.717, 1.165) is 23.9 Å². The zero-order valence-electron chi connectivity index (χ0n) is 19.7. The van der Waals surface area contributed by atoms with Crippen LogP contribution in [0.1, 0.15) is 37.3 Å². The van der Waals surface area contributed by atoms with Crippen molar-refractivity contribution in [3.8, 4) is 5.75 Å². The minimum atomic E-state index is -0.343. The van der Waals surface area contributed by atoms with E-state index in [9.17, 15) is 14.0 Å². The third kappa shape index (κ3) is 6.65. The molecule has 33 heavy (non-hydrogen) atoms. The molecule has 0 atom stereocenters. The Labute approximate surface area is 194 Å². The van der Waals surface area contributed by atoms with Crippen LogP contribution in [0.5, 0.6) is 5.75 Å². The van der Waals surface area contributed by atoms with E-state index in [4.69, 9.17) is 4.74 Å². The molecular weight excluding hydrogens is 421 g/mol. The van der Waals surface area contributed by atoms with Crippen LogP contribution in [0.2, 0.25) is 0 Å². The first-order chi connectivity index (χ1) is 15.7. The van der Waals surface area contributed by atoms with E-state index in [1.807, 2.05) is 40.1 Å². The van der Waals surface area contributed by atoms with Crippen LogP contribution in [-0.2, 0) is 11.3 Å². The van der Waals surface area contributed by atoms with Crippen molar-refractivity contribution in [2.45, 2.75) is 32.7 Å². The first-order valence-corrected chi connectivity index (χ1v) is 11.2. The summed E-state index contributed by atoms with van der Waals surface area (Å²) in [6, 6.07) is 13.4. The second kappa shape index (κ2) is 11.1. The summed E-state index contributed by atoms with van der Waals surface area (Å²) in [5, 5.41) is 3.78. The van der Waals surface area contributed by atoms with Crippen molar-refractivity contribution in [1.82, 2.24) is 14.8 Å². The molecule has 176 valence electrons. The van der Waals surface area contributed by atoms with Gasteiger partial charge in [0.15, 0.2) is 6.61 Å². The minimum Gasteiger partial charge on any atom is -0.484 e. The zero-order valence-corrected chi connectivity index (χ0v) is 19.7. The van der Waals surface area contributed by atoms with Crippen LogP contribution in [0, 0.1) is 5.82 Å². The Morgan fingerprint density at radius 2 is 1.94 bits per heavy atom. The average Bonchev–Trinajstić information content (AvgIpc) is 2.76. The van der Waals surface area contributed by atoms with E-state index in [0.29, 0.717) is 23.4 Å². The lowest BCUT2D eigenvalue weighted by Gasteiger charge is -2.17. The summed E-state index contributed by atoms with van der Waals surface area (Å²) in [5.41, 5.74) is 2.17. The first-order valence-electron chi connectivity index (χ1n) is 11.2. The monoisotopic (exact) mass is 453 g/mol. The van der Waals surface area contributed by atoms with Gasteiger partial charge in [0.2, 0.25) is 0 Å². The minimum absolute atomic E-state index is 0.106. The fraction of sp³-hybridized carbons (Fsp3) is 0.385. The topological polar surface area (TPSA) is 63.6 Å². The van der Waals surface area contributed by atoms with Crippen LogP contribution >= 0.6 is 0 Å². The van der Waals surface area contributed by atoms with E-state index >= 15 is 0 Å². The van der Waals surface area contributed by atoms with E-state index < -0.39 is 0 Å². The van der Waals surface area contributed by atoms with Gasteiger partial charge in [-0.3, -0.25) is 9.59 Å². The van der Waals surface area contributed by atoms with Crippen LogP contribution in [0.4, 0.5) is 4.39 Å². The van der Waals surface area contributed by atoms with Crippen molar-refractivity contribution < 1.29 is 13.9 Å². The van der Waals surface area contributed by atoms with Crippen molar-refractivity contribution in [2.75, 3.05) is 33.8 Å². The van der Waals surface area contributed by atoms with E-state index in [2.05, 4.69) is 10.2 Å². The number of rotatable bonds is 10. The van der Waals surface area contributed by atoms with Gasteiger partial charge in [0.05, 0.1) is 12.1 Å². The molecule has 3 rings (SSSR count). The Bertz CT molecular complexity index is 1170. The molecular formula is C26H32FN3O3. The van der Waals surface area contributed by atoms with Crippen LogP contribution in [0.15, 0.2) is 53.3 Å². The Morgan fingerprint density at radius 1 is 1.15 bits per heavy atom. The van der Waals surface area contributed by atoms with Gasteiger partial charge in [-0.25, -0.2) is 4.39 Å². The van der Waals surface area contributed by atoms with Crippen molar-refractivity contribution in [2.24, 2.45) is 0 Å². The molecule has 0 spiro atoms. The lowest BCUT2D eigenvalue weighted by atomic mass is 9.98. The van der Waals surface area contributed by atoms with Crippen LogP contribution < -0.4 is 15.6 Å². The number of pyridine rings is 1. The molecule has 0 aliphatic heterocycles. The molecule has 6 nitrogen and oxygen atoms in total. The number of ether oxygens (including phenoxy) is 1. The van der Waals surface area contributed by atoms with Crippen LogP contribution in [0.3, 0.4) is 0 Å². The lowest BCUT2D eigenvalue weighted by molar-refractivity contribution is -0.123. The maximum Gasteiger partial charge on any atom is 0.257 e. The fourth-order valence-corrected chi connectivity index (χ4v) is 3.76. The molecule has 3 aromatic rings. The van der Waals surface area contributed by atoms with E-state index in [1.54, 1.807) is 28.8 Å². The number of aromatic nitrogens is 1. The number of nitrogens with one attached hydrogen (secondary N) is 1. The number of carbonyl (C=O) groups is 1. The summed E-state index contributed by atoms with van der Waals surface area (Å²) >= 11 is 0. The number of amides is 1. The summed E-state index contributed by atoms with van der Waals surface area (Å²) < 4.78 is 21.0. The highest BCUT2D eigenvalue weighted by molar-refractivity contribution is 5.85. The Hall–Kier alpha value is -3.19. The number of nitrogens with zero attached hydrogens (tertiary/aromatic N) is 2. The molecule has 1 heterocycles. The largest absolute Gasteiger partial charge is 0.484 e. The fourth-order valence-electron chi connectivity index (χ4n) is 3.76. The van der Waals surface area contributed by atoms with Gasteiger partial charge in [-0.15, -0.1) is 0 Å². The molecule has 0 fully saturated rings. The maximum absolute atomic E-state index is 13.7. The Morgan fingerprint density at radius 3 is 2.64 bits per heavy atom. The summed E-state index contributed by atoms with van der Waals surface area (Å²) in [6.45, 7) is 5.69. The van der Waals surface area contributed by atoms with Crippen LogP contribution in [0.25, 0.3) is 10.9 Å². The van der Waals surface area contributed by atoms with Gasteiger partial charge in [0.25, 0.3) is 11.5 Å². The summed E-state index contributed by atoms with van der Waals surface area (Å²) in [7, 11) is 3.98. The molecule has 7 heteroatoms. The second-order valence-corrected chi connectivity index (χ2v) is 8.78. The molecule has 0 aliphatic rings. The standard InChI is InChI=1S/C26H32FN3O3/c1-18(2)23-15-26(32)30(16-19-7-5-8-20(27)13-19)24-14-21(9-10-22(23)24)33-17-25(31)28-11-6-12-29(3)4/h5,7-10,13-15,18H,6,11-12,16-17H2,1-4H3,(H,28,31). The smallest absolute Gasteiger partial charge is 0.257 e. The lowest BCUT2D eigenvalue weighted by Crippen LogP contribution is -2.31. The predicted octanol–water partition coefficient (Wildman–Crippen LogP) is 3.76. The predicted molar refractivity (Wildman–Crippen MR) is 129 cm³/mol. The van der Waals surface area contributed by atoms with Gasteiger partial charge in [0, 0.05) is 24.1 Å². The van der Waals surface area contributed by atoms with Gasteiger partial charge in [-0.1, -0.05) is 26.0 Å². The molecule has 1 amide bonds. The Balaban J connectivity index is 1.85. The summed E-state index contributed by atoms with van der Waals surface area (Å²) in [5.74, 6) is 0.120. The van der Waals surface area contributed by atoms with Crippen molar-refractivity contribution in [3.05, 3.63) is 75.8 Å². The highest BCUT2D eigenvalue weighted by Gasteiger charge is 2.14. The molecule has 0 unspecified atom stereocenters. The zero-order chi connectivity index (χ0) is 24.0. The molecule has 2 aromatic carbocycles. The number of hydrogen-bond acceptors (Lipinski definition) is 4. The molecule has 0 radical (unpaired) electrons. The van der Waals surface area contributed by atoms with E-state index in [-0.39, 0.29) is 36.4 Å². The van der Waals surface area contributed by atoms with Gasteiger partial charge in [0.1, 0.15) is 11.6 Å². The second-order valence-electron chi connectivity index (χ2n) is 8.78. The number of fused-ring (bicyclic) bond motifs is 1. The molecule has 0 saturated carbocycles. The van der Waals surface area contributed by atoms with Crippen molar-refractivity contribution in [1.29, 1.82) is 0 Å². The van der Waals surface area contributed by atoms with Gasteiger partial charge >= 0.3 is 0 Å². The van der Waals surface area contributed by atoms with Crippen molar-refractivity contribution >= 4 is 16.8 Å². The number of benzene rings is 2. The SMILES string of the molecule is CC(C)c1cc(=O)n(Cc2cccc(F)c2)c2cc(OCC(=O)NCCCN(C)C)ccc12. The first kappa shape index (κ1) is 24.5. The quantitative estimate of drug-likeness (QED) is 0.475. The Kier molecular flexibility index (Phi) is 8.22. The van der Waals surface area contributed by atoms with Crippen molar-refractivity contribution in [3.63, 3.8) is 0 Å². The molecule has 0 saturated heterocycles. The third-order valence-electron chi connectivity index (χ3n) is 5.44. The molecule has 0 bridgehead atoms. The molecule has 1 aromatic heterocycles. The van der Waals surface area contributed by atoms with E-state index in [1.165, 1.54) is 12.1 Å². The maximum atomic E-state index is 13.7. The summed E-state index contributed by atoms with van der Waals surface area (Å²) in [6.07, 6.45) is 0.860. The molecule has 0 aliphatic carbocycles. The third-order valence-corrected chi connectivity index (χ3v) is 5.44. The van der Waals surface area contributed by atoms with Gasteiger partial charge < -0.3 is 19.5 Å². The normalized spacial score (nSPS) is 11.4.